The zero-order chi connectivity index (χ0) is 21.1. The Morgan fingerprint density at radius 3 is 2.70 bits per heavy atom. The molecule has 3 aliphatic rings. The Labute approximate surface area is 176 Å². The quantitative estimate of drug-likeness (QED) is 0.750. The van der Waals surface area contributed by atoms with Gasteiger partial charge in [-0.1, -0.05) is 0 Å². The van der Waals surface area contributed by atoms with E-state index in [4.69, 9.17) is 16.5 Å². The largest absolute Gasteiger partial charge is 0.401 e. The normalized spacial score (nSPS) is 23.7. The first kappa shape index (κ1) is 20.6. The zero-order valence-electron chi connectivity index (χ0n) is 17.2. The van der Waals surface area contributed by atoms with E-state index in [2.05, 4.69) is 9.88 Å². The summed E-state index contributed by atoms with van der Waals surface area (Å²) in [5, 5.41) is 0. The number of anilines is 1. The molecule has 0 amide bonds. The highest BCUT2D eigenvalue weighted by atomic mass is 19.1. The molecule has 1 atom stereocenters. The van der Waals surface area contributed by atoms with Gasteiger partial charge in [-0.15, -0.1) is 0 Å². The molecule has 5 nitrogen and oxygen atoms in total. The van der Waals surface area contributed by atoms with Crippen molar-refractivity contribution >= 4 is 5.95 Å². The fraction of sp³-hybridized carbons (Fsp3) is 0.478. The van der Waals surface area contributed by atoms with Crippen LogP contribution in [0.3, 0.4) is 0 Å². The summed E-state index contributed by atoms with van der Waals surface area (Å²) in [7, 11) is 0. The summed E-state index contributed by atoms with van der Waals surface area (Å²) in [5.74, 6) is -0.392. The van der Waals surface area contributed by atoms with Crippen molar-refractivity contribution in [2.45, 2.75) is 57.3 Å². The Kier molecular flexibility index (Phi) is 6.16. The molecule has 160 valence electrons. The Hall–Kier alpha value is -2.70. The fourth-order valence-corrected chi connectivity index (χ4v) is 4.52. The molecule has 1 aliphatic heterocycles. The summed E-state index contributed by atoms with van der Waals surface area (Å²) in [5.41, 5.74) is 15.0. The van der Waals surface area contributed by atoms with Crippen LogP contribution in [0, 0.1) is 0 Å². The molecule has 0 bridgehead atoms. The summed E-state index contributed by atoms with van der Waals surface area (Å²) in [6.07, 6.45) is 11.4. The van der Waals surface area contributed by atoms with Crippen molar-refractivity contribution in [2.24, 2.45) is 11.5 Å². The lowest BCUT2D eigenvalue weighted by atomic mass is 9.84. The van der Waals surface area contributed by atoms with E-state index in [-0.39, 0.29) is 23.6 Å². The van der Waals surface area contributed by atoms with Crippen LogP contribution < -0.4 is 16.4 Å². The number of aromatic nitrogens is 2. The predicted molar refractivity (Wildman–Crippen MR) is 115 cm³/mol. The van der Waals surface area contributed by atoms with E-state index in [1.54, 1.807) is 12.3 Å². The van der Waals surface area contributed by atoms with Gasteiger partial charge in [-0.05, 0) is 68.7 Å². The smallest absolute Gasteiger partial charge is 0.225 e. The van der Waals surface area contributed by atoms with Gasteiger partial charge in [-0.25, -0.2) is 18.7 Å². The molecule has 0 spiro atoms. The number of piperidine rings is 1. The van der Waals surface area contributed by atoms with E-state index in [9.17, 15) is 8.78 Å². The molecule has 0 saturated carbocycles. The number of halogens is 2. The number of allylic oxidation sites excluding steroid dienone is 6. The number of hydrogen-bond donors (Lipinski definition) is 2. The second-order valence-corrected chi connectivity index (χ2v) is 8.22. The van der Waals surface area contributed by atoms with Gasteiger partial charge in [0.25, 0.3) is 0 Å². The molecule has 4 rings (SSSR count). The second kappa shape index (κ2) is 8.98. The molecule has 1 fully saturated rings. The summed E-state index contributed by atoms with van der Waals surface area (Å²) in [4.78, 5) is 11.5. The van der Waals surface area contributed by atoms with Crippen molar-refractivity contribution in [1.29, 1.82) is 0 Å². The van der Waals surface area contributed by atoms with Crippen LogP contribution in [0.2, 0.25) is 0 Å². The lowest BCUT2D eigenvalue weighted by Crippen LogP contribution is -2.31. The van der Waals surface area contributed by atoms with Crippen LogP contribution in [0.25, 0.3) is 0 Å². The molecule has 2 aliphatic carbocycles. The van der Waals surface area contributed by atoms with E-state index in [0.717, 1.165) is 62.4 Å². The first-order valence-corrected chi connectivity index (χ1v) is 10.8. The van der Waals surface area contributed by atoms with Crippen LogP contribution in [0.1, 0.15) is 63.0 Å². The molecular formula is C23H29F2N5. The average molecular weight is 414 g/mol. The summed E-state index contributed by atoms with van der Waals surface area (Å²) in [6, 6.07) is 1.91. The lowest BCUT2D eigenvalue weighted by molar-refractivity contribution is 0.543. The molecule has 0 aromatic carbocycles. The Morgan fingerprint density at radius 2 is 1.93 bits per heavy atom. The minimum absolute atomic E-state index is 0.0464. The molecular weight excluding hydrogens is 384 g/mol. The Morgan fingerprint density at radius 1 is 1.13 bits per heavy atom. The summed E-state index contributed by atoms with van der Waals surface area (Å²) in [6.45, 7) is 1.95. The fourth-order valence-electron chi connectivity index (χ4n) is 4.52. The molecule has 4 N–H and O–H groups in total. The van der Waals surface area contributed by atoms with E-state index in [1.165, 1.54) is 12.5 Å². The van der Waals surface area contributed by atoms with E-state index >= 15 is 0 Å². The maximum absolute atomic E-state index is 14.2. The van der Waals surface area contributed by atoms with Crippen molar-refractivity contribution in [1.82, 2.24) is 9.97 Å². The van der Waals surface area contributed by atoms with Gasteiger partial charge < -0.3 is 16.4 Å². The van der Waals surface area contributed by atoms with Gasteiger partial charge >= 0.3 is 0 Å². The van der Waals surface area contributed by atoms with Crippen molar-refractivity contribution < 1.29 is 8.78 Å². The van der Waals surface area contributed by atoms with Gasteiger partial charge in [-0.2, -0.15) is 0 Å². The molecule has 1 unspecified atom stereocenters. The van der Waals surface area contributed by atoms with Gasteiger partial charge in [0.2, 0.25) is 5.95 Å². The third kappa shape index (κ3) is 4.25. The molecule has 1 saturated heterocycles. The zero-order valence-corrected chi connectivity index (χ0v) is 17.2. The molecule has 7 heteroatoms. The van der Waals surface area contributed by atoms with Crippen LogP contribution >= 0.6 is 0 Å². The van der Waals surface area contributed by atoms with Crippen LogP contribution in [-0.4, -0.2) is 23.1 Å². The third-order valence-corrected chi connectivity index (χ3v) is 6.16. The van der Waals surface area contributed by atoms with Gasteiger partial charge in [0.1, 0.15) is 11.7 Å². The standard InChI is InChI=1S/C23H29F2N5/c24-17-8-5-9-18(25)21(17)19(26)14-15-6-4-7-16(22(15)27)20-10-11-28-23(29-20)30-12-2-1-3-13-30/h8,10-11,14,16H,1-7,9,12-13,26-27H2/b19-14-. The van der Waals surface area contributed by atoms with Gasteiger partial charge in [0.15, 0.2) is 0 Å². The number of hydrogen-bond acceptors (Lipinski definition) is 5. The van der Waals surface area contributed by atoms with Crippen LogP contribution in [-0.2, 0) is 0 Å². The van der Waals surface area contributed by atoms with Gasteiger partial charge in [-0.3, -0.25) is 0 Å². The van der Waals surface area contributed by atoms with Crippen molar-refractivity contribution in [3.05, 3.63) is 64.3 Å². The molecule has 1 aromatic heterocycles. The molecule has 0 radical (unpaired) electrons. The molecule has 2 heterocycles. The predicted octanol–water partition coefficient (Wildman–Crippen LogP) is 4.66. The molecule has 1 aromatic rings. The van der Waals surface area contributed by atoms with E-state index < -0.39 is 11.7 Å². The van der Waals surface area contributed by atoms with Crippen LogP contribution in [0.5, 0.6) is 0 Å². The summed E-state index contributed by atoms with van der Waals surface area (Å²) < 4.78 is 28.3. The highest BCUT2D eigenvalue weighted by Crippen LogP contribution is 2.37. The minimum atomic E-state index is -0.596. The monoisotopic (exact) mass is 413 g/mol. The van der Waals surface area contributed by atoms with Gasteiger partial charge in [0, 0.05) is 43.0 Å². The van der Waals surface area contributed by atoms with Crippen molar-refractivity contribution in [2.75, 3.05) is 18.0 Å². The first-order chi connectivity index (χ1) is 14.5. The second-order valence-electron chi connectivity index (χ2n) is 8.22. The SMILES string of the molecule is NC1=C(/C=C(\N)C2=C(F)CCC=C2F)CCCC1c1ccnc(N2CCCCC2)n1. The van der Waals surface area contributed by atoms with Crippen LogP contribution in [0.15, 0.2) is 58.6 Å². The van der Waals surface area contributed by atoms with E-state index in [0.29, 0.717) is 12.1 Å². The third-order valence-electron chi connectivity index (χ3n) is 6.16. The highest BCUT2D eigenvalue weighted by Gasteiger charge is 2.25. The van der Waals surface area contributed by atoms with E-state index in [1.807, 2.05) is 6.07 Å². The average Bonchev–Trinajstić information content (AvgIpc) is 2.76. The number of rotatable bonds is 4. The van der Waals surface area contributed by atoms with Crippen LogP contribution in [0.4, 0.5) is 14.7 Å². The maximum atomic E-state index is 14.2. The Bertz CT molecular complexity index is 925. The lowest BCUT2D eigenvalue weighted by Gasteiger charge is -2.29. The minimum Gasteiger partial charge on any atom is -0.401 e. The number of nitrogens with zero attached hydrogens (tertiary/aromatic N) is 3. The Balaban J connectivity index is 1.62. The first-order valence-electron chi connectivity index (χ1n) is 10.8. The number of nitrogens with two attached hydrogens (primary N) is 2. The maximum Gasteiger partial charge on any atom is 0.225 e. The van der Waals surface area contributed by atoms with Crippen molar-refractivity contribution in [3.8, 4) is 0 Å². The highest BCUT2D eigenvalue weighted by molar-refractivity contribution is 5.49. The molecule has 30 heavy (non-hydrogen) atoms. The van der Waals surface area contributed by atoms with Crippen molar-refractivity contribution in [3.63, 3.8) is 0 Å². The summed E-state index contributed by atoms with van der Waals surface area (Å²) >= 11 is 0. The van der Waals surface area contributed by atoms with Gasteiger partial charge in [0.05, 0.1) is 11.3 Å². The topological polar surface area (TPSA) is 81.1 Å².